The largest absolute Gasteiger partial charge is 0.405 e. The lowest BCUT2D eigenvalue weighted by molar-refractivity contribution is -0.123. The number of anilines is 1. The van der Waals surface area contributed by atoms with E-state index in [0.29, 0.717) is 5.69 Å². The van der Waals surface area contributed by atoms with Crippen molar-refractivity contribution >= 4 is 17.5 Å². The van der Waals surface area contributed by atoms with E-state index in [1.807, 2.05) is 53.4 Å². The highest BCUT2D eigenvalue weighted by atomic mass is 19.4. The Bertz CT molecular complexity index is 964. The van der Waals surface area contributed by atoms with Crippen molar-refractivity contribution in [3.63, 3.8) is 0 Å². The van der Waals surface area contributed by atoms with Gasteiger partial charge in [-0.15, -0.1) is 0 Å². The predicted octanol–water partition coefficient (Wildman–Crippen LogP) is 3.95. The van der Waals surface area contributed by atoms with Crippen LogP contribution in [0.4, 0.5) is 18.9 Å². The quantitative estimate of drug-likeness (QED) is 0.657. The molecule has 0 fully saturated rings. The number of alkyl halides is 3. The van der Waals surface area contributed by atoms with Gasteiger partial charge in [0.05, 0.1) is 6.42 Å². The number of benzene rings is 2. The summed E-state index contributed by atoms with van der Waals surface area (Å²) >= 11 is 0. The molecule has 0 aliphatic carbocycles. The summed E-state index contributed by atoms with van der Waals surface area (Å²) in [6.45, 7) is -1.40. The minimum atomic E-state index is -4.47. The minimum Gasteiger partial charge on any atom is -0.343 e. The molecule has 1 heterocycles. The zero-order chi connectivity index (χ0) is 20.9. The molecule has 5 nitrogen and oxygen atoms in total. The van der Waals surface area contributed by atoms with Crippen LogP contribution in [-0.2, 0) is 11.2 Å². The summed E-state index contributed by atoms with van der Waals surface area (Å²) in [4.78, 5) is 23.9. The first-order valence-electron chi connectivity index (χ1n) is 8.77. The molecular weight excluding hydrogens is 383 g/mol. The number of nitrogens with zero attached hydrogens (tertiary/aromatic N) is 1. The zero-order valence-corrected chi connectivity index (χ0v) is 15.2. The molecule has 2 aromatic carbocycles. The molecule has 1 aromatic heterocycles. The molecule has 29 heavy (non-hydrogen) atoms. The number of hydrogen-bond acceptors (Lipinski definition) is 2. The van der Waals surface area contributed by atoms with Crippen molar-refractivity contribution in [1.29, 1.82) is 0 Å². The van der Waals surface area contributed by atoms with Crippen molar-refractivity contribution in [1.82, 2.24) is 9.88 Å². The van der Waals surface area contributed by atoms with Crippen molar-refractivity contribution < 1.29 is 22.8 Å². The van der Waals surface area contributed by atoms with Crippen LogP contribution in [0.5, 0.6) is 0 Å². The van der Waals surface area contributed by atoms with Gasteiger partial charge in [0.2, 0.25) is 5.91 Å². The molecule has 3 rings (SSSR count). The Kier molecular flexibility index (Phi) is 6.01. The topological polar surface area (TPSA) is 63.1 Å². The molecule has 0 saturated heterocycles. The SMILES string of the molecule is O=C(Cc1ccc(-n2cccc2)cc1)Nc1ccc(C(=O)NCC(F)(F)F)cc1. The van der Waals surface area contributed by atoms with Gasteiger partial charge in [-0.2, -0.15) is 13.2 Å². The van der Waals surface area contributed by atoms with Crippen molar-refractivity contribution in [2.24, 2.45) is 0 Å². The lowest BCUT2D eigenvalue weighted by Crippen LogP contribution is -2.33. The molecule has 150 valence electrons. The van der Waals surface area contributed by atoms with Crippen LogP contribution in [0.25, 0.3) is 5.69 Å². The monoisotopic (exact) mass is 401 g/mol. The third kappa shape index (κ3) is 5.97. The molecular formula is C21H18F3N3O2. The minimum absolute atomic E-state index is 0.0767. The highest BCUT2D eigenvalue weighted by Gasteiger charge is 2.27. The first-order valence-corrected chi connectivity index (χ1v) is 8.77. The second kappa shape index (κ2) is 8.64. The lowest BCUT2D eigenvalue weighted by Gasteiger charge is -2.09. The third-order valence-corrected chi connectivity index (χ3v) is 4.08. The Labute approximate surface area is 165 Å². The van der Waals surface area contributed by atoms with Gasteiger partial charge in [-0.3, -0.25) is 9.59 Å². The van der Waals surface area contributed by atoms with E-state index in [1.54, 1.807) is 5.32 Å². The van der Waals surface area contributed by atoms with Gasteiger partial charge in [0.25, 0.3) is 5.91 Å². The number of carbonyl (C=O) groups is 2. The molecule has 0 spiro atoms. The van der Waals surface area contributed by atoms with Gasteiger partial charge in [-0.05, 0) is 54.1 Å². The van der Waals surface area contributed by atoms with Crippen LogP contribution in [0.1, 0.15) is 15.9 Å². The van der Waals surface area contributed by atoms with Crippen LogP contribution in [-0.4, -0.2) is 29.1 Å². The maximum atomic E-state index is 12.2. The zero-order valence-electron chi connectivity index (χ0n) is 15.2. The van der Waals surface area contributed by atoms with Crippen LogP contribution < -0.4 is 10.6 Å². The molecule has 0 saturated carbocycles. The van der Waals surface area contributed by atoms with Crippen LogP contribution >= 0.6 is 0 Å². The first kappa shape index (κ1) is 20.2. The van der Waals surface area contributed by atoms with Crippen LogP contribution in [0.15, 0.2) is 73.1 Å². The molecule has 0 radical (unpaired) electrons. The Morgan fingerprint density at radius 2 is 1.52 bits per heavy atom. The normalized spacial score (nSPS) is 11.1. The Hall–Kier alpha value is -3.55. The second-order valence-electron chi connectivity index (χ2n) is 6.36. The van der Waals surface area contributed by atoms with E-state index in [2.05, 4.69) is 5.32 Å². The summed E-state index contributed by atoms with van der Waals surface area (Å²) in [5.74, 6) is -1.07. The fraction of sp³-hybridized carbons (Fsp3) is 0.143. The summed E-state index contributed by atoms with van der Waals surface area (Å²) in [6, 6.07) is 17.0. The average molecular weight is 401 g/mol. The molecule has 2 amide bonds. The fourth-order valence-corrected chi connectivity index (χ4v) is 2.67. The van der Waals surface area contributed by atoms with Gasteiger partial charge < -0.3 is 15.2 Å². The Balaban J connectivity index is 1.53. The number of aromatic nitrogens is 1. The van der Waals surface area contributed by atoms with E-state index in [1.165, 1.54) is 24.3 Å². The Morgan fingerprint density at radius 3 is 2.10 bits per heavy atom. The molecule has 0 atom stereocenters. The molecule has 0 bridgehead atoms. The number of hydrogen-bond donors (Lipinski definition) is 2. The van der Waals surface area contributed by atoms with Crippen molar-refractivity contribution in [2.75, 3.05) is 11.9 Å². The van der Waals surface area contributed by atoms with Crippen molar-refractivity contribution in [3.05, 3.63) is 84.2 Å². The van der Waals surface area contributed by atoms with Crippen molar-refractivity contribution in [3.8, 4) is 5.69 Å². The van der Waals surface area contributed by atoms with E-state index in [-0.39, 0.29) is 17.9 Å². The molecule has 2 N–H and O–H groups in total. The second-order valence-corrected chi connectivity index (χ2v) is 6.36. The number of carbonyl (C=O) groups excluding carboxylic acids is 2. The van der Waals surface area contributed by atoms with Gasteiger partial charge in [0, 0.05) is 29.3 Å². The van der Waals surface area contributed by atoms with Gasteiger partial charge in [0.15, 0.2) is 0 Å². The number of halogens is 3. The van der Waals surface area contributed by atoms with E-state index in [9.17, 15) is 22.8 Å². The average Bonchev–Trinajstić information content (AvgIpc) is 3.21. The number of amides is 2. The third-order valence-electron chi connectivity index (χ3n) is 4.08. The van der Waals surface area contributed by atoms with Crippen LogP contribution in [0.3, 0.4) is 0 Å². The Morgan fingerprint density at radius 1 is 0.897 bits per heavy atom. The van der Waals surface area contributed by atoms with Gasteiger partial charge in [0.1, 0.15) is 6.54 Å². The van der Waals surface area contributed by atoms with E-state index >= 15 is 0 Å². The van der Waals surface area contributed by atoms with Crippen molar-refractivity contribution in [2.45, 2.75) is 12.6 Å². The summed E-state index contributed by atoms with van der Waals surface area (Å²) in [5, 5.41) is 4.49. The summed E-state index contributed by atoms with van der Waals surface area (Å²) in [7, 11) is 0. The molecule has 3 aromatic rings. The molecule has 0 aliphatic heterocycles. The lowest BCUT2D eigenvalue weighted by atomic mass is 10.1. The first-order chi connectivity index (χ1) is 13.8. The van der Waals surface area contributed by atoms with Gasteiger partial charge in [-0.25, -0.2) is 0 Å². The fourth-order valence-electron chi connectivity index (χ4n) is 2.67. The van der Waals surface area contributed by atoms with Crippen LogP contribution in [0, 0.1) is 0 Å². The van der Waals surface area contributed by atoms with Gasteiger partial charge in [-0.1, -0.05) is 12.1 Å². The highest BCUT2D eigenvalue weighted by Crippen LogP contribution is 2.15. The summed E-state index contributed by atoms with van der Waals surface area (Å²) in [5.41, 5.74) is 2.35. The van der Waals surface area contributed by atoms with Gasteiger partial charge >= 0.3 is 6.18 Å². The summed E-state index contributed by atoms with van der Waals surface area (Å²) < 4.78 is 38.4. The van der Waals surface area contributed by atoms with Crippen LogP contribution in [0.2, 0.25) is 0 Å². The molecule has 0 aliphatic rings. The standard InChI is InChI=1S/C21H18F3N3O2/c22-21(23,24)14-25-20(29)16-5-7-17(8-6-16)26-19(28)13-15-3-9-18(10-4-15)27-11-1-2-12-27/h1-12H,13-14H2,(H,25,29)(H,26,28). The maximum Gasteiger partial charge on any atom is 0.405 e. The molecule has 0 unspecified atom stereocenters. The highest BCUT2D eigenvalue weighted by molar-refractivity contribution is 5.96. The number of nitrogens with one attached hydrogen (secondary N) is 2. The summed E-state index contributed by atoms with van der Waals surface area (Å²) in [6.07, 6.45) is -0.451. The predicted molar refractivity (Wildman–Crippen MR) is 103 cm³/mol. The molecule has 8 heteroatoms. The number of rotatable bonds is 6. The smallest absolute Gasteiger partial charge is 0.343 e. The van der Waals surface area contributed by atoms with E-state index in [4.69, 9.17) is 0 Å². The van der Waals surface area contributed by atoms with E-state index in [0.717, 1.165) is 11.3 Å². The maximum absolute atomic E-state index is 12.2. The van der Waals surface area contributed by atoms with E-state index < -0.39 is 18.6 Å².